The van der Waals surface area contributed by atoms with Gasteiger partial charge in [-0.3, -0.25) is 9.78 Å². The summed E-state index contributed by atoms with van der Waals surface area (Å²) in [4.78, 5) is 18.1. The predicted octanol–water partition coefficient (Wildman–Crippen LogP) is 1.30. The van der Waals surface area contributed by atoms with Crippen molar-refractivity contribution < 1.29 is 9.18 Å². The number of halogens is 1. The Morgan fingerprint density at radius 2 is 2.17 bits per heavy atom. The fraction of sp³-hybridized carbons (Fsp3) is 0.267. The summed E-state index contributed by atoms with van der Waals surface area (Å²) in [6.45, 7) is 2.81. The first kappa shape index (κ1) is 13.7. The van der Waals surface area contributed by atoms with Gasteiger partial charge in [0.25, 0.3) is 5.91 Å². The van der Waals surface area contributed by atoms with Gasteiger partial charge in [0.2, 0.25) is 0 Å². The standard InChI is InChI=1S/C15H13FN6O/c1-15(14-18-20-21-19-14)7-22(8-15)13(23)11-4-9-2-3-17-6-10(9)5-12(11)16/h2-6H,7-8H2,1H3,(H,18,19,20,21). The van der Waals surface area contributed by atoms with Crippen LogP contribution in [0, 0.1) is 5.82 Å². The highest BCUT2D eigenvalue weighted by Gasteiger charge is 2.46. The largest absolute Gasteiger partial charge is 0.336 e. The Hall–Kier alpha value is -2.90. The highest BCUT2D eigenvalue weighted by atomic mass is 19.1. The zero-order valence-electron chi connectivity index (χ0n) is 12.3. The number of carbonyl (C=O) groups is 1. The van der Waals surface area contributed by atoms with E-state index in [9.17, 15) is 9.18 Å². The van der Waals surface area contributed by atoms with Gasteiger partial charge in [-0.05, 0) is 30.5 Å². The molecule has 1 amide bonds. The lowest BCUT2D eigenvalue weighted by Crippen LogP contribution is -2.60. The molecule has 1 aliphatic rings. The van der Waals surface area contributed by atoms with Crippen LogP contribution in [-0.2, 0) is 5.41 Å². The molecule has 0 aliphatic carbocycles. The number of nitrogens with zero attached hydrogens (tertiary/aromatic N) is 5. The molecule has 0 spiro atoms. The van der Waals surface area contributed by atoms with Crippen molar-refractivity contribution in [3.8, 4) is 0 Å². The van der Waals surface area contributed by atoms with E-state index in [4.69, 9.17) is 0 Å². The number of nitrogens with one attached hydrogen (secondary N) is 1. The molecule has 2 aromatic heterocycles. The van der Waals surface area contributed by atoms with Crippen LogP contribution in [0.25, 0.3) is 10.8 Å². The van der Waals surface area contributed by atoms with Crippen LogP contribution in [-0.4, -0.2) is 49.5 Å². The zero-order valence-corrected chi connectivity index (χ0v) is 12.3. The Labute approximate surface area is 130 Å². The number of pyridine rings is 1. The van der Waals surface area contributed by atoms with Crippen LogP contribution in [0.1, 0.15) is 23.1 Å². The minimum atomic E-state index is -0.538. The number of aromatic amines is 1. The number of likely N-dealkylation sites (tertiary alicyclic amines) is 1. The summed E-state index contributed by atoms with van der Waals surface area (Å²) in [5.74, 6) is -0.308. The van der Waals surface area contributed by atoms with Gasteiger partial charge in [0, 0.05) is 30.9 Å². The van der Waals surface area contributed by atoms with Crippen LogP contribution in [0.4, 0.5) is 4.39 Å². The first-order chi connectivity index (χ1) is 11.1. The number of carbonyl (C=O) groups excluding carboxylic acids is 1. The molecule has 1 saturated heterocycles. The van der Waals surface area contributed by atoms with Gasteiger partial charge in [0.15, 0.2) is 5.82 Å². The van der Waals surface area contributed by atoms with Crippen molar-refractivity contribution >= 4 is 16.7 Å². The van der Waals surface area contributed by atoms with Crippen LogP contribution in [0.3, 0.4) is 0 Å². The van der Waals surface area contributed by atoms with E-state index < -0.39 is 5.82 Å². The first-order valence-corrected chi connectivity index (χ1v) is 7.13. The van der Waals surface area contributed by atoms with E-state index in [-0.39, 0.29) is 16.9 Å². The number of H-pyrrole nitrogens is 1. The summed E-state index contributed by atoms with van der Waals surface area (Å²) in [5.41, 5.74) is -0.279. The van der Waals surface area contributed by atoms with Crippen molar-refractivity contribution in [2.75, 3.05) is 13.1 Å². The van der Waals surface area contributed by atoms with Crippen LogP contribution in [0.15, 0.2) is 30.6 Å². The van der Waals surface area contributed by atoms with Gasteiger partial charge in [0.05, 0.1) is 11.0 Å². The van der Waals surface area contributed by atoms with E-state index in [0.29, 0.717) is 24.3 Å². The number of fused-ring (bicyclic) bond motifs is 1. The molecule has 116 valence electrons. The molecule has 0 radical (unpaired) electrons. The lowest BCUT2D eigenvalue weighted by atomic mass is 9.80. The molecular weight excluding hydrogens is 299 g/mol. The molecule has 23 heavy (non-hydrogen) atoms. The van der Waals surface area contributed by atoms with E-state index in [1.54, 1.807) is 29.4 Å². The smallest absolute Gasteiger partial charge is 0.256 e. The number of amides is 1. The molecule has 4 rings (SSSR count). The SMILES string of the molecule is CC1(c2nn[nH]n2)CN(C(=O)c2cc3ccncc3cc2F)C1. The van der Waals surface area contributed by atoms with Crippen molar-refractivity contribution in [2.24, 2.45) is 0 Å². The molecular formula is C15H13FN6O. The fourth-order valence-corrected chi connectivity index (χ4v) is 2.94. The molecule has 7 nitrogen and oxygen atoms in total. The van der Waals surface area contributed by atoms with Crippen molar-refractivity contribution in [3.05, 3.63) is 47.8 Å². The summed E-state index contributed by atoms with van der Waals surface area (Å²) < 4.78 is 14.2. The highest BCUT2D eigenvalue weighted by molar-refractivity contribution is 5.99. The number of hydrogen-bond acceptors (Lipinski definition) is 5. The van der Waals surface area contributed by atoms with Gasteiger partial charge in [-0.25, -0.2) is 4.39 Å². The van der Waals surface area contributed by atoms with Crippen LogP contribution in [0.2, 0.25) is 0 Å². The van der Waals surface area contributed by atoms with Gasteiger partial charge < -0.3 is 4.90 Å². The second kappa shape index (κ2) is 4.80. The molecule has 3 heterocycles. The Kier molecular flexibility index (Phi) is 2.87. The van der Waals surface area contributed by atoms with Crippen molar-refractivity contribution in [1.29, 1.82) is 0 Å². The van der Waals surface area contributed by atoms with E-state index >= 15 is 0 Å². The van der Waals surface area contributed by atoms with Gasteiger partial charge in [-0.15, -0.1) is 10.2 Å². The second-order valence-electron chi connectivity index (χ2n) is 6.01. The highest BCUT2D eigenvalue weighted by Crippen LogP contribution is 2.33. The lowest BCUT2D eigenvalue weighted by molar-refractivity contribution is 0.0409. The molecule has 0 atom stereocenters. The summed E-state index contributed by atoms with van der Waals surface area (Å²) in [6, 6.07) is 4.66. The Balaban J connectivity index is 1.60. The zero-order chi connectivity index (χ0) is 16.0. The lowest BCUT2D eigenvalue weighted by Gasteiger charge is -2.45. The summed E-state index contributed by atoms with van der Waals surface area (Å²) in [7, 11) is 0. The minimum absolute atomic E-state index is 0.0684. The molecule has 8 heteroatoms. The van der Waals surface area contributed by atoms with E-state index in [0.717, 1.165) is 5.39 Å². The van der Waals surface area contributed by atoms with Crippen LogP contribution in [0.5, 0.6) is 0 Å². The third-order valence-electron chi connectivity index (χ3n) is 4.21. The van der Waals surface area contributed by atoms with E-state index in [2.05, 4.69) is 25.6 Å². The maximum Gasteiger partial charge on any atom is 0.256 e. The molecule has 0 bridgehead atoms. The van der Waals surface area contributed by atoms with E-state index in [1.807, 2.05) is 6.92 Å². The molecule has 1 aromatic carbocycles. The topological polar surface area (TPSA) is 87.7 Å². The third kappa shape index (κ3) is 2.14. The molecule has 1 fully saturated rings. The quantitative estimate of drug-likeness (QED) is 0.770. The minimum Gasteiger partial charge on any atom is -0.336 e. The number of aromatic nitrogens is 5. The predicted molar refractivity (Wildman–Crippen MR) is 79.1 cm³/mol. The maximum absolute atomic E-state index is 14.2. The fourth-order valence-electron chi connectivity index (χ4n) is 2.94. The van der Waals surface area contributed by atoms with Crippen LogP contribution >= 0.6 is 0 Å². The first-order valence-electron chi connectivity index (χ1n) is 7.13. The number of benzene rings is 1. The van der Waals surface area contributed by atoms with Crippen molar-refractivity contribution in [1.82, 2.24) is 30.5 Å². The molecule has 0 unspecified atom stereocenters. The van der Waals surface area contributed by atoms with E-state index in [1.165, 1.54) is 6.07 Å². The normalized spacial score (nSPS) is 16.3. The molecule has 3 aromatic rings. The maximum atomic E-state index is 14.2. The molecule has 1 N–H and O–H groups in total. The number of tetrazole rings is 1. The van der Waals surface area contributed by atoms with Gasteiger partial charge >= 0.3 is 0 Å². The molecule has 0 saturated carbocycles. The van der Waals surface area contributed by atoms with Gasteiger partial charge in [-0.1, -0.05) is 5.21 Å². The van der Waals surface area contributed by atoms with Crippen molar-refractivity contribution in [2.45, 2.75) is 12.3 Å². The average molecular weight is 312 g/mol. The number of rotatable bonds is 2. The second-order valence-corrected chi connectivity index (χ2v) is 6.01. The van der Waals surface area contributed by atoms with Crippen molar-refractivity contribution in [3.63, 3.8) is 0 Å². The monoisotopic (exact) mass is 312 g/mol. The Morgan fingerprint density at radius 3 is 2.91 bits per heavy atom. The van der Waals surface area contributed by atoms with Crippen LogP contribution < -0.4 is 0 Å². The van der Waals surface area contributed by atoms with Gasteiger partial charge in [-0.2, -0.15) is 5.21 Å². The average Bonchev–Trinajstić information content (AvgIpc) is 3.05. The summed E-state index contributed by atoms with van der Waals surface area (Å²) in [5, 5.41) is 15.3. The summed E-state index contributed by atoms with van der Waals surface area (Å²) >= 11 is 0. The third-order valence-corrected chi connectivity index (χ3v) is 4.21. The van der Waals surface area contributed by atoms with Gasteiger partial charge in [0.1, 0.15) is 5.82 Å². The Morgan fingerprint density at radius 1 is 1.35 bits per heavy atom. The summed E-state index contributed by atoms with van der Waals surface area (Å²) in [6.07, 6.45) is 3.19. The Bertz CT molecular complexity index is 888. The number of hydrogen-bond donors (Lipinski definition) is 1. The molecule has 1 aliphatic heterocycles.